The number of likely N-dealkylation sites (tertiary alicyclic amines) is 1. The van der Waals surface area contributed by atoms with Gasteiger partial charge in [-0.1, -0.05) is 76.3 Å². The Kier molecular flexibility index (Phi) is 15.5. The van der Waals surface area contributed by atoms with E-state index in [0.29, 0.717) is 31.8 Å². The molecule has 0 aromatic heterocycles. The molecule has 11 heteroatoms. The maximum Gasteiger partial charge on any atom is 0.243 e. The summed E-state index contributed by atoms with van der Waals surface area (Å²) in [6.45, 7) is 6.80. The molecule has 2 amide bonds. The number of hydrogen-bond donors (Lipinski definition) is 4. The second kappa shape index (κ2) is 18.7. The van der Waals surface area contributed by atoms with E-state index in [1.165, 1.54) is 11.4 Å². The molecule has 2 aliphatic rings. The fourth-order valence-corrected chi connectivity index (χ4v) is 7.78. The fraction of sp³-hybridized carbons (Fsp3) is 0.714. The van der Waals surface area contributed by atoms with Crippen LogP contribution in [0, 0.1) is 30.1 Å². The number of terminal acetylenes is 1. The lowest BCUT2D eigenvalue weighted by molar-refractivity contribution is -0.132. The smallest absolute Gasteiger partial charge is 0.243 e. The molecule has 258 valence electrons. The Balaban J connectivity index is 1.76. The van der Waals surface area contributed by atoms with Crippen LogP contribution in [0.3, 0.4) is 0 Å². The van der Waals surface area contributed by atoms with Gasteiger partial charge in [-0.3, -0.25) is 9.59 Å². The van der Waals surface area contributed by atoms with Crippen molar-refractivity contribution in [3.8, 4) is 12.3 Å². The molecule has 1 aliphatic carbocycles. The number of aliphatic hydroxyl groups excluding tert-OH is 2. The number of amides is 2. The van der Waals surface area contributed by atoms with Gasteiger partial charge in [0.1, 0.15) is 12.1 Å². The van der Waals surface area contributed by atoms with E-state index in [2.05, 4.69) is 21.5 Å². The standard InChI is InChI=1S/C35H56N4O6S/c1-5-13-30(35(43)37-31(24-28-16-10-7-11-17-28)33(41)32(40)22-26(2)3)36-34(42)29(23-27-14-8-6-9-15-27)25-46(44,45)38(4)20-21-39-18-12-19-39/h1,6,8-9,14-15,26,28-33,40-41H,7,10-13,16-25H2,2-4H3,(H,36,42)(H,37,43)/t29?,30-,31?,32-,33+/m0/s1. The van der Waals surface area contributed by atoms with Gasteiger partial charge >= 0.3 is 0 Å². The summed E-state index contributed by atoms with van der Waals surface area (Å²) in [4.78, 5) is 29.7. The van der Waals surface area contributed by atoms with Crippen LogP contribution in [-0.2, 0) is 26.0 Å². The predicted molar refractivity (Wildman–Crippen MR) is 181 cm³/mol. The van der Waals surface area contributed by atoms with E-state index in [0.717, 1.165) is 57.2 Å². The number of aliphatic hydroxyl groups is 2. The lowest BCUT2D eigenvalue weighted by Gasteiger charge is -2.33. The van der Waals surface area contributed by atoms with Gasteiger partial charge in [0, 0.05) is 26.6 Å². The van der Waals surface area contributed by atoms with Crippen molar-refractivity contribution in [1.82, 2.24) is 19.8 Å². The molecule has 1 aromatic carbocycles. The van der Waals surface area contributed by atoms with Gasteiger partial charge in [-0.25, -0.2) is 12.7 Å². The summed E-state index contributed by atoms with van der Waals surface area (Å²) < 4.78 is 28.1. The number of sulfonamides is 1. The third-order valence-electron chi connectivity index (χ3n) is 9.38. The Morgan fingerprint density at radius 3 is 2.30 bits per heavy atom. The van der Waals surface area contributed by atoms with Gasteiger partial charge in [0.05, 0.1) is 23.8 Å². The van der Waals surface area contributed by atoms with Crippen molar-refractivity contribution in [3.63, 3.8) is 0 Å². The maximum atomic E-state index is 13.8. The molecular weight excluding hydrogens is 604 g/mol. The molecule has 1 saturated carbocycles. The second-order valence-electron chi connectivity index (χ2n) is 13.7. The Bertz CT molecular complexity index is 1230. The lowest BCUT2D eigenvalue weighted by atomic mass is 9.82. The van der Waals surface area contributed by atoms with Crippen molar-refractivity contribution in [2.24, 2.45) is 17.8 Å². The summed E-state index contributed by atoms with van der Waals surface area (Å²) in [7, 11) is -2.26. The first-order valence-electron chi connectivity index (χ1n) is 17.0. The SMILES string of the molecule is C#CC[C@H](NC(=O)C(Cc1ccccc1)CS(=O)(=O)N(C)CCN1CCC1)C(=O)NC(CC1CCCCC1)[C@@H](O)[C@@H](O)CC(C)C. The first-order chi connectivity index (χ1) is 21.9. The number of nitrogens with one attached hydrogen (secondary N) is 2. The molecule has 1 heterocycles. The van der Waals surface area contributed by atoms with Gasteiger partial charge in [0.25, 0.3) is 0 Å². The number of likely N-dealkylation sites (N-methyl/N-ethyl adjacent to an activating group) is 1. The van der Waals surface area contributed by atoms with Crippen LogP contribution in [0.1, 0.15) is 77.2 Å². The van der Waals surface area contributed by atoms with Crippen molar-refractivity contribution in [3.05, 3.63) is 35.9 Å². The predicted octanol–water partition coefficient (Wildman–Crippen LogP) is 2.54. The van der Waals surface area contributed by atoms with E-state index in [1.54, 1.807) is 0 Å². The highest BCUT2D eigenvalue weighted by atomic mass is 32.2. The molecule has 2 fully saturated rings. The zero-order valence-corrected chi connectivity index (χ0v) is 28.8. The average Bonchev–Trinajstić information content (AvgIpc) is 2.99. The summed E-state index contributed by atoms with van der Waals surface area (Å²) in [5.74, 6) is 0.390. The first kappa shape index (κ1) is 38.0. The normalized spacial score (nSPS) is 19.4. The number of carbonyl (C=O) groups excluding carboxylic acids is 2. The van der Waals surface area contributed by atoms with Crippen LogP contribution < -0.4 is 10.6 Å². The molecule has 46 heavy (non-hydrogen) atoms. The molecule has 3 rings (SSSR count). The van der Waals surface area contributed by atoms with Gasteiger partial charge in [-0.15, -0.1) is 12.3 Å². The summed E-state index contributed by atoms with van der Waals surface area (Å²) in [6, 6.07) is 7.34. The van der Waals surface area contributed by atoms with Crippen molar-refractivity contribution in [1.29, 1.82) is 0 Å². The minimum Gasteiger partial charge on any atom is -0.390 e. The molecule has 1 aromatic rings. The molecule has 1 saturated heterocycles. The molecule has 4 N–H and O–H groups in total. The van der Waals surface area contributed by atoms with E-state index >= 15 is 0 Å². The Labute approximate surface area is 276 Å². The maximum absolute atomic E-state index is 13.8. The topological polar surface area (TPSA) is 139 Å². The lowest BCUT2D eigenvalue weighted by Crippen LogP contribution is -2.56. The number of rotatable bonds is 19. The molecule has 5 atom stereocenters. The summed E-state index contributed by atoms with van der Waals surface area (Å²) in [5, 5.41) is 27.6. The van der Waals surface area contributed by atoms with Crippen LogP contribution in [0.25, 0.3) is 0 Å². The van der Waals surface area contributed by atoms with Gasteiger partial charge in [-0.05, 0) is 56.2 Å². The molecule has 1 aliphatic heterocycles. The highest BCUT2D eigenvalue weighted by Gasteiger charge is 2.35. The fourth-order valence-electron chi connectivity index (χ4n) is 6.39. The number of benzene rings is 1. The largest absolute Gasteiger partial charge is 0.390 e. The number of nitrogens with zero attached hydrogens (tertiary/aromatic N) is 2. The van der Waals surface area contributed by atoms with Crippen LogP contribution in [0.4, 0.5) is 0 Å². The van der Waals surface area contributed by atoms with E-state index < -0.39 is 57.8 Å². The second-order valence-corrected chi connectivity index (χ2v) is 15.8. The van der Waals surface area contributed by atoms with Crippen LogP contribution in [0.15, 0.2) is 30.3 Å². The Morgan fingerprint density at radius 2 is 1.72 bits per heavy atom. The van der Waals surface area contributed by atoms with Gasteiger partial charge < -0.3 is 25.7 Å². The van der Waals surface area contributed by atoms with Crippen LogP contribution in [-0.4, -0.2) is 103 Å². The number of hydrogen-bond acceptors (Lipinski definition) is 7. The summed E-state index contributed by atoms with van der Waals surface area (Å²) >= 11 is 0. The molecule has 10 nitrogen and oxygen atoms in total. The van der Waals surface area contributed by atoms with E-state index in [4.69, 9.17) is 6.42 Å². The van der Waals surface area contributed by atoms with E-state index in [1.807, 2.05) is 44.2 Å². The summed E-state index contributed by atoms with van der Waals surface area (Å²) in [5.41, 5.74) is 0.800. The van der Waals surface area contributed by atoms with E-state index in [9.17, 15) is 28.2 Å². The summed E-state index contributed by atoms with van der Waals surface area (Å²) in [6.07, 6.45) is 10.8. The molecule has 0 bridgehead atoms. The molecular formula is C35H56N4O6S. The van der Waals surface area contributed by atoms with Gasteiger partial charge in [0.15, 0.2) is 0 Å². The zero-order chi connectivity index (χ0) is 33.7. The molecule has 2 unspecified atom stereocenters. The zero-order valence-electron chi connectivity index (χ0n) is 27.9. The monoisotopic (exact) mass is 660 g/mol. The van der Waals surface area contributed by atoms with Crippen molar-refractivity contribution in [2.45, 2.75) is 102 Å². The highest BCUT2D eigenvalue weighted by Crippen LogP contribution is 2.29. The van der Waals surface area contributed by atoms with Crippen molar-refractivity contribution in [2.75, 3.05) is 39.0 Å². The third kappa shape index (κ3) is 12.3. The van der Waals surface area contributed by atoms with Gasteiger partial charge in [0.2, 0.25) is 21.8 Å². The van der Waals surface area contributed by atoms with Crippen LogP contribution in [0.5, 0.6) is 0 Å². The first-order valence-corrected chi connectivity index (χ1v) is 18.6. The Morgan fingerprint density at radius 1 is 1.04 bits per heavy atom. The third-order valence-corrected chi connectivity index (χ3v) is 11.3. The van der Waals surface area contributed by atoms with E-state index in [-0.39, 0.29) is 18.8 Å². The quantitative estimate of drug-likeness (QED) is 0.167. The number of carbonyl (C=O) groups is 2. The van der Waals surface area contributed by atoms with Crippen molar-refractivity contribution >= 4 is 21.8 Å². The van der Waals surface area contributed by atoms with Crippen LogP contribution in [0.2, 0.25) is 0 Å². The van der Waals surface area contributed by atoms with Crippen molar-refractivity contribution < 1.29 is 28.2 Å². The molecule has 0 spiro atoms. The van der Waals surface area contributed by atoms with Gasteiger partial charge in [-0.2, -0.15) is 0 Å². The Hall–Kier alpha value is -2.49. The minimum absolute atomic E-state index is 0.112. The van der Waals surface area contributed by atoms with Crippen LogP contribution >= 0.6 is 0 Å². The minimum atomic E-state index is -3.79. The average molecular weight is 661 g/mol. The highest BCUT2D eigenvalue weighted by molar-refractivity contribution is 7.89. The molecule has 0 radical (unpaired) electrons.